The highest BCUT2D eigenvalue weighted by molar-refractivity contribution is 5.74. The van der Waals surface area contributed by atoms with Gasteiger partial charge in [-0.25, -0.2) is 4.79 Å². The number of imidazole rings is 1. The molecule has 0 bridgehead atoms. The van der Waals surface area contributed by atoms with Gasteiger partial charge in [-0.2, -0.15) is 4.98 Å². The van der Waals surface area contributed by atoms with E-state index in [-0.39, 0.29) is 24.3 Å². The second kappa shape index (κ2) is 8.79. The fraction of sp³-hybridized carbons (Fsp3) is 0.562. The second-order valence-corrected chi connectivity index (χ2v) is 6.25. The van der Waals surface area contributed by atoms with Crippen molar-refractivity contribution >= 4 is 17.1 Å². The number of likely N-dealkylation sites (N-methyl/N-ethyl adjacent to an activating group) is 1. The standard InChI is InChI=1S/C16H26N6O4/c1-5-8-26-10-11(23)9-22-12-13(21(4)16(25)19-14(12)24)18-15(22)17-6-7-20(2)3/h5,11,23H,1,6-10H2,2-4H3,(H,17,18)(H,19,24,25)/t11-/m0/s1. The number of aromatic nitrogens is 4. The van der Waals surface area contributed by atoms with E-state index >= 15 is 0 Å². The monoisotopic (exact) mass is 366 g/mol. The van der Waals surface area contributed by atoms with E-state index in [0.29, 0.717) is 19.1 Å². The van der Waals surface area contributed by atoms with E-state index in [1.165, 1.54) is 11.6 Å². The van der Waals surface area contributed by atoms with E-state index in [9.17, 15) is 14.7 Å². The van der Waals surface area contributed by atoms with Gasteiger partial charge in [0.15, 0.2) is 11.2 Å². The SMILES string of the molecule is C=CCOC[C@@H](O)Cn1c(NCCN(C)C)nc2c1c(=O)[nH]c(=O)n2C. The molecule has 0 saturated heterocycles. The average molecular weight is 366 g/mol. The molecule has 2 aromatic rings. The van der Waals surface area contributed by atoms with Crippen LogP contribution in [0.1, 0.15) is 0 Å². The van der Waals surface area contributed by atoms with Crippen LogP contribution in [-0.2, 0) is 18.3 Å². The summed E-state index contributed by atoms with van der Waals surface area (Å²) in [5, 5.41) is 13.4. The summed E-state index contributed by atoms with van der Waals surface area (Å²) in [6.45, 7) is 5.40. The zero-order valence-electron chi connectivity index (χ0n) is 15.4. The van der Waals surface area contributed by atoms with Crippen LogP contribution in [0.25, 0.3) is 11.2 Å². The molecule has 0 amide bonds. The molecule has 2 rings (SSSR count). The Morgan fingerprint density at radius 1 is 1.46 bits per heavy atom. The van der Waals surface area contributed by atoms with Crippen LogP contribution in [-0.4, -0.2) is 75.6 Å². The number of nitrogens with zero attached hydrogens (tertiary/aromatic N) is 4. The maximum absolute atomic E-state index is 12.3. The lowest BCUT2D eigenvalue weighted by molar-refractivity contribution is 0.0405. The summed E-state index contributed by atoms with van der Waals surface area (Å²) in [5.74, 6) is 0.413. The molecule has 10 heteroatoms. The fourth-order valence-corrected chi connectivity index (χ4v) is 2.49. The Balaban J connectivity index is 2.39. The molecule has 0 spiro atoms. The van der Waals surface area contributed by atoms with E-state index in [2.05, 4.69) is 21.9 Å². The van der Waals surface area contributed by atoms with Gasteiger partial charge < -0.3 is 24.6 Å². The van der Waals surface area contributed by atoms with Crippen molar-refractivity contribution in [3.8, 4) is 0 Å². The quantitative estimate of drug-likeness (QED) is 0.363. The van der Waals surface area contributed by atoms with Gasteiger partial charge in [-0.3, -0.25) is 14.3 Å². The van der Waals surface area contributed by atoms with Crippen molar-refractivity contribution in [1.82, 2.24) is 24.0 Å². The molecule has 2 heterocycles. The van der Waals surface area contributed by atoms with Crippen molar-refractivity contribution in [3.05, 3.63) is 33.5 Å². The number of aromatic amines is 1. The normalized spacial score (nSPS) is 12.7. The predicted molar refractivity (Wildman–Crippen MR) is 99.7 cm³/mol. The first-order valence-corrected chi connectivity index (χ1v) is 8.30. The molecule has 144 valence electrons. The van der Waals surface area contributed by atoms with Gasteiger partial charge in [0.05, 0.1) is 25.9 Å². The molecular formula is C16H26N6O4. The third-order valence-electron chi connectivity index (χ3n) is 3.79. The average Bonchev–Trinajstić information content (AvgIpc) is 2.92. The summed E-state index contributed by atoms with van der Waals surface area (Å²) in [7, 11) is 5.42. The first kappa shape index (κ1) is 19.9. The minimum atomic E-state index is -0.849. The molecule has 0 aliphatic rings. The Bertz CT molecular complexity index is 866. The molecule has 0 unspecified atom stereocenters. The van der Waals surface area contributed by atoms with Gasteiger partial charge >= 0.3 is 5.69 Å². The van der Waals surface area contributed by atoms with Crippen LogP contribution in [0.4, 0.5) is 5.95 Å². The van der Waals surface area contributed by atoms with Crippen molar-refractivity contribution in [3.63, 3.8) is 0 Å². The van der Waals surface area contributed by atoms with Crippen LogP contribution in [0.3, 0.4) is 0 Å². The fourth-order valence-electron chi connectivity index (χ4n) is 2.49. The lowest BCUT2D eigenvalue weighted by atomic mass is 10.3. The summed E-state index contributed by atoms with van der Waals surface area (Å²) in [6, 6.07) is 0. The summed E-state index contributed by atoms with van der Waals surface area (Å²) in [4.78, 5) is 32.8. The van der Waals surface area contributed by atoms with Crippen LogP contribution in [0.5, 0.6) is 0 Å². The van der Waals surface area contributed by atoms with Gasteiger partial charge in [0, 0.05) is 20.1 Å². The van der Waals surface area contributed by atoms with Gasteiger partial charge in [0.2, 0.25) is 5.95 Å². The number of rotatable bonds is 10. The van der Waals surface area contributed by atoms with Crippen LogP contribution >= 0.6 is 0 Å². The third kappa shape index (κ3) is 4.59. The summed E-state index contributed by atoms with van der Waals surface area (Å²) in [6.07, 6.45) is 0.743. The second-order valence-electron chi connectivity index (χ2n) is 6.25. The largest absolute Gasteiger partial charge is 0.389 e. The van der Waals surface area contributed by atoms with Gasteiger partial charge in [0.1, 0.15) is 0 Å². The van der Waals surface area contributed by atoms with Crippen molar-refractivity contribution in [2.24, 2.45) is 7.05 Å². The molecule has 2 aromatic heterocycles. The van der Waals surface area contributed by atoms with Gasteiger partial charge in [-0.15, -0.1) is 6.58 Å². The highest BCUT2D eigenvalue weighted by atomic mass is 16.5. The summed E-state index contributed by atoms with van der Waals surface area (Å²) in [5.41, 5.74) is -0.607. The molecule has 0 fully saturated rings. The smallest absolute Gasteiger partial charge is 0.329 e. The van der Waals surface area contributed by atoms with Crippen LogP contribution in [0.2, 0.25) is 0 Å². The Morgan fingerprint density at radius 2 is 2.19 bits per heavy atom. The lowest BCUT2D eigenvalue weighted by Gasteiger charge is -2.16. The Kier molecular flexibility index (Phi) is 6.72. The Labute approximate surface area is 150 Å². The Morgan fingerprint density at radius 3 is 2.85 bits per heavy atom. The molecule has 0 aromatic carbocycles. The van der Waals surface area contributed by atoms with Crippen LogP contribution in [0.15, 0.2) is 22.2 Å². The van der Waals surface area contributed by atoms with Gasteiger partial charge in [0.25, 0.3) is 5.56 Å². The predicted octanol–water partition coefficient (Wildman–Crippen LogP) is -1.04. The number of hydrogen-bond acceptors (Lipinski definition) is 7. The molecule has 0 saturated carbocycles. The summed E-state index contributed by atoms with van der Waals surface area (Å²) < 4.78 is 8.10. The molecule has 0 aliphatic carbocycles. The first-order chi connectivity index (χ1) is 12.3. The number of nitrogens with one attached hydrogen (secondary N) is 2. The van der Waals surface area contributed by atoms with Gasteiger partial charge in [-0.1, -0.05) is 6.08 Å². The number of fused-ring (bicyclic) bond motifs is 1. The van der Waals surface area contributed by atoms with Crippen molar-refractivity contribution in [2.45, 2.75) is 12.6 Å². The van der Waals surface area contributed by atoms with Gasteiger partial charge in [-0.05, 0) is 14.1 Å². The number of aryl methyl sites for hydroxylation is 1. The van der Waals surface area contributed by atoms with E-state index in [1.807, 2.05) is 19.0 Å². The molecule has 0 radical (unpaired) electrons. The zero-order valence-corrected chi connectivity index (χ0v) is 15.4. The number of aliphatic hydroxyl groups excluding tert-OH is 1. The molecular weight excluding hydrogens is 340 g/mol. The van der Waals surface area contributed by atoms with Crippen LogP contribution < -0.4 is 16.6 Å². The number of H-pyrrole nitrogens is 1. The third-order valence-corrected chi connectivity index (χ3v) is 3.79. The molecule has 1 atom stereocenters. The molecule has 3 N–H and O–H groups in total. The Hall–Kier alpha value is -2.43. The summed E-state index contributed by atoms with van der Waals surface area (Å²) >= 11 is 0. The number of ether oxygens (including phenoxy) is 1. The van der Waals surface area contributed by atoms with E-state index in [1.54, 1.807) is 10.6 Å². The first-order valence-electron chi connectivity index (χ1n) is 8.30. The maximum atomic E-state index is 12.3. The number of hydrogen-bond donors (Lipinski definition) is 3. The highest BCUT2D eigenvalue weighted by Crippen LogP contribution is 2.16. The molecule has 26 heavy (non-hydrogen) atoms. The highest BCUT2D eigenvalue weighted by Gasteiger charge is 2.19. The zero-order chi connectivity index (χ0) is 19.3. The van der Waals surface area contributed by atoms with Crippen LogP contribution in [0, 0.1) is 0 Å². The van der Waals surface area contributed by atoms with Crippen molar-refractivity contribution < 1.29 is 9.84 Å². The number of anilines is 1. The van der Waals surface area contributed by atoms with E-state index < -0.39 is 17.4 Å². The topological polar surface area (TPSA) is 117 Å². The van der Waals surface area contributed by atoms with Crippen molar-refractivity contribution in [1.29, 1.82) is 0 Å². The minimum absolute atomic E-state index is 0.0898. The van der Waals surface area contributed by atoms with Crippen molar-refractivity contribution in [2.75, 3.05) is 45.7 Å². The maximum Gasteiger partial charge on any atom is 0.329 e. The van der Waals surface area contributed by atoms with E-state index in [4.69, 9.17) is 4.74 Å². The molecule has 10 nitrogen and oxygen atoms in total. The lowest BCUT2D eigenvalue weighted by Crippen LogP contribution is -2.30. The minimum Gasteiger partial charge on any atom is -0.389 e. The number of aliphatic hydroxyl groups is 1. The van der Waals surface area contributed by atoms with E-state index in [0.717, 1.165) is 6.54 Å². The molecule has 0 aliphatic heterocycles.